The number of thiocarbonyl (C=S) groups is 1. The van der Waals surface area contributed by atoms with Crippen molar-refractivity contribution >= 4 is 44.6 Å². The topological polar surface area (TPSA) is 53.5 Å². The minimum absolute atomic E-state index is 0.0295. The van der Waals surface area contributed by atoms with Gasteiger partial charge in [-0.25, -0.2) is 0 Å². The monoisotopic (exact) mass is 412 g/mol. The predicted molar refractivity (Wildman–Crippen MR) is 99.8 cm³/mol. The summed E-state index contributed by atoms with van der Waals surface area (Å²) in [4.78, 5) is 1.19. The Labute approximate surface area is 153 Å². The van der Waals surface area contributed by atoms with Crippen molar-refractivity contribution in [2.45, 2.75) is 25.0 Å². The van der Waals surface area contributed by atoms with Gasteiger partial charge in [-0.1, -0.05) is 22.0 Å². The van der Waals surface area contributed by atoms with E-state index in [1.54, 1.807) is 11.3 Å². The molecule has 1 aromatic carbocycles. The fourth-order valence-corrected chi connectivity index (χ4v) is 4.24. The zero-order chi connectivity index (χ0) is 16.4. The maximum atomic E-state index is 9.02. The Hall–Kier alpha value is -1.15. The second-order valence-corrected chi connectivity index (χ2v) is 7.89. The van der Waals surface area contributed by atoms with Gasteiger partial charge >= 0.3 is 0 Å². The zero-order valence-corrected chi connectivity index (χ0v) is 15.7. The molecule has 2 unspecified atom stereocenters. The summed E-state index contributed by atoms with van der Waals surface area (Å²) < 4.78 is 7.19. The molecule has 3 rings (SSSR count). The summed E-state index contributed by atoms with van der Waals surface area (Å²) in [5, 5.41) is 17.6. The molecule has 122 valence electrons. The van der Waals surface area contributed by atoms with Crippen LogP contribution in [0.2, 0.25) is 0 Å². The van der Waals surface area contributed by atoms with Crippen molar-refractivity contribution in [3.63, 3.8) is 0 Å². The highest BCUT2D eigenvalue weighted by Crippen LogP contribution is 2.46. The number of hydrogen-bond acceptors (Lipinski definition) is 4. The number of aliphatic hydroxyl groups excluding tert-OH is 1. The van der Waals surface area contributed by atoms with Crippen LogP contribution < -0.4 is 15.4 Å². The molecule has 0 saturated heterocycles. The summed E-state index contributed by atoms with van der Waals surface area (Å²) >= 11 is 10.5. The molecule has 0 saturated carbocycles. The molecular formula is C16H17BrN2O2S2. The van der Waals surface area contributed by atoms with Crippen LogP contribution in [0.5, 0.6) is 5.75 Å². The number of benzene rings is 1. The van der Waals surface area contributed by atoms with Crippen LogP contribution in [0.3, 0.4) is 0 Å². The number of nitrogens with one attached hydrogen (secondary N) is 2. The average Bonchev–Trinajstić information content (AvgIpc) is 3.02. The third kappa shape index (κ3) is 3.52. The molecule has 4 nitrogen and oxygen atoms in total. The zero-order valence-electron chi connectivity index (χ0n) is 12.5. The Morgan fingerprint density at radius 2 is 2.35 bits per heavy atom. The van der Waals surface area contributed by atoms with Crippen LogP contribution in [-0.2, 0) is 5.54 Å². The number of halogens is 1. The van der Waals surface area contributed by atoms with Crippen molar-refractivity contribution in [3.8, 4) is 5.75 Å². The molecule has 3 N–H and O–H groups in total. The van der Waals surface area contributed by atoms with Gasteiger partial charge in [-0.3, -0.25) is 0 Å². The minimum atomic E-state index is -0.398. The molecule has 0 fully saturated rings. The van der Waals surface area contributed by atoms with Crippen LogP contribution in [0.25, 0.3) is 0 Å². The summed E-state index contributed by atoms with van der Waals surface area (Å²) in [7, 11) is 0. The Bertz CT molecular complexity index is 708. The van der Waals surface area contributed by atoms with Gasteiger partial charge in [0.15, 0.2) is 5.11 Å². The van der Waals surface area contributed by atoms with Crippen LogP contribution in [0.15, 0.2) is 40.2 Å². The van der Waals surface area contributed by atoms with E-state index >= 15 is 0 Å². The van der Waals surface area contributed by atoms with Gasteiger partial charge in [-0.2, -0.15) is 0 Å². The number of hydrogen-bond donors (Lipinski definition) is 3. The molecule has 1 aromatic heterocycles. The summed E-state index contributed by atoms with van der Waals surface area (Å²) in [5.41, 5.74) is 0.646. The van der Waals surface area contributed by atoms with E-state index in [9.17, 15) is 0 Å². The number of aliphatic hydroxyl groups is 1. The molecule has 23 heavy (non-hydrogen) atoms. The summed E-state index contributed by atoms with van der Waals surface area (Å²) in [6.07, 6.45) is 0.711. The second kappa shape index (κ2) is 6.76. The summed E-state index contributed by atoms with van der Waals surface area (Å²) in [6.45, 7) is 1.91. The number of thiophene rings is 1. The largest absolute Gasteiger partial charge is 0.484 e. The molecule has 0 bridgehead atoms. The van der Waals surface area contributed by atoms with Crippen LogP contribution in [-0.4, -0.2) is 16.9 Å². The average molecular weight is 413 g/mol. The SMILES string of the molecule is CC1(NC(=S)NCO)CC(c2cccs2)Oc2ccc(Br)cc21. The lowest BCUT2D eigenvalue weighted by Gasteiger charge is -2.41. The normalized spacial score (nSPS) is 22.8. The van der Waals surface area contributed by atoms with E-state index in [0.29, 0.717) is 5.11 Å². The maximum Gasteiger partial charge on any atom is 0.168 e. The minimum Gasteiger partial charge on any atom is -0.484 e. The van der Waals surface area contributed by atoms with E-state index in [2.05, 4.69) is 51.0 Å². The number of ether oxygens (including phenoxy) is 1. The van der Waals surface area contributed by atoms with Crippen molar-refractivity contribution in [1.82, 2.24) is 10.6 Å². The fraction of sp³-hybridized carbons (Fsp3) is 0.312. The van der Waals surface area contributed by atoms with Gasteiger partial charge in [0.05, 0.1) is 5.54 Å². The van der Waals surface area contributed by atoms with Gasteiger partial charge in [-0.15, -0.1) is 11.3 Å². The molecule has 1 aliphatic heterocycles. The molecule has 7 heteroatoms. The lowest BCUT2D eigenvalue weighted by atomic mass is 9.83. The number of rotatable bonds is 3. The van der Waals surface area contributed by atoms with E-state index in [4.69, 9.17) is 22.1 Å². The first-order valence-electron chi connectivity index (χ1n) is 7.19. The standard InChI is InChI=1S/C16H17BrN2O2S2/c1-16(19-15(22)18-9-20)8-13(14-3-2-6-23-14)21-12-5-4-10(17)7-11(12)16/h2-7,13,20H,8-9H2,1H3,(H2,18,19,22). The van der Waals surface area contributed by atoms with Gasteiger partial charge in [-0.05, 0) is 48.8 Å². The van der Waals surface area contributed by atoms with E-state index in [0.717, 1.165) is 22.2 Å². The smallest absolute Gasteiger partial charge is 0.168 e. The van der Waals surface area contributed by atoms with E-state index in [-0.39, 0.29) is 12.8 Å². The van der Waals surface area contributed by atoms with Crippen LogP contribution in [0.4, 0.5) is 0 Å². The molecule has 2 heterocycles. The van der Waals surface area contributed by atoms with Crippen molar-refractivity contribution in [1.29, 1.82) is 0 Å². The Kier molecular flexibility index (Phi) is 4.91. The lowest BCUT2D eigenvalue weighted by molar-refractivity contribution is 0.125. The Morgan fingerprint density at radius 3 is 3.04 bits per heavy atom. The van der Waals surface area contributed by atoms with Gasteiger partial charge in [0.1, 0.15) is 18.6 Å². The van der Waals surface area contributed by atoms with Gasteiger partial charge in [0.2, 0.25) is 0 Å². The highest BCUT2D eigenvalue weighted by Gasteiger charge is 2.39. The summed E-state index contributed by atoms with van der Waals surface area (Å²) in [6, 6.07) is 10.1. The predicted octanol–water partition coefficient (Wildman–Crippen LogP) is 3.66. The quantitative estimate of drug-likeness (QED) is 0.530. The third-order valence-electron chi connectivity index (χ3n) is 3.89. The van der Waals surface area contributed by atoms with Gasteiger partial charge in [0, 0.05) is 21.3 Å². The van der Waals surface area contributed by atoms with E-state index in [1.165, 1.54) is 4.88 Å². The molecule has 2 aromatic rings. The highest BCUT2D eigenvalue weighted by atomic mass is 79.9. The van der Waals surface area contributed by atoms with E-state index in [1.807, 2.05) is 18.2 Å². The highest BCUT2D eigenvalue weighted by molar-refractivity contribution is 9.10. The second-order valence-electron chi connectivity index (χ2n) is 5.59. The molecule has 0 radical (unpaired) electrons. The molecule has 2 atom stereocenters. The van der Waals surface area contributed by atoms with Gasteiger partial charge < -0.3 is 20.5 Å². The van der Waals surface area contributed by atoms with E-state index < -0.39 is 5.54 Å². The van der Waals surface area contributed by atoms with Crippen molar-refractivity contribution in [2.24, 2.45) is 0 Å². The first-order valence-corrected chi connectivity index (χ1v) is 9.27. The first-order chi connectivity index (χ1) is 11.0. The molecule has 1 aliphatic rings. The third-order valence-corrected chi connectivity index (χ3v) is 5.59. The van der Waals surface area contributed by atoms with Crippen molar-refractivity contribution in [2.75, 3.05) is 6.73 Å². The fourth-order valence-electron chi connectivity index (χ4n) is 2.83. The molecule has 0 spiro atoms. The van der Waals surface area contributed by atoms with Crippen LogP contribution >= 0.6 is 39.5 Å². The molecule has 0 amide bonds. The summed E-state index contributed by atoms with van der Waals surface area (Å²) in [5.74, 6) is 0.847. The van der Waals surface area contributed by atoms with Crippen LogP contribution in [0.1, 0.15) is 29.9 Å². The van der Waals surface area contributed by atoms with Crippen molar-refractivity contribution in [3.05, 3.63) is 50.6 Å². The van der Waals surface area contributed by atoms with Gasteiger partial charge in [0.25, 0.3) is 0 Å². The lowest BCUT2D eigenvalue weighted by Crippen LogP contribution is -2.50. The Morgan fingerprint density at radius 1 is 1.52 bits per heavy atom. The number of fused-ring (bicyclic) bond motifs is 1. The van der Waals surface area contributed by atoms with Crippen LogP contribution in [0, 0.1) is 0 Å². The Balaban J connectivity index is 1.98. The maximum absolute atomic E-state index is 9.02. The first kappa shape index (κ1) is 16.7. The molecule has 0 aliphatic carbocycles. The molecular weight excluding hydrogens is 396 g/mol. The van der Waals surface area contributed by atoms with Crippen molar-refractivity contribution < 1.29 is 9.84 Å².